The average Bonchev–Trinajstić information content (AvgIpc) is 2.52. The number of allylic oxidation sites excluding steroid dienone is 1. The van der Waals surface area contributed by atoms with Crippen LogP contribution >= 0.6 is 11.6 Å². The number of halogens is 3. The molecule has 0 aromatic heterocycles. The zero-order chi connectivity index (χ0) is 17.0. The fraction of sp³-hybridized carbons (Fsp3) is 0.118. The second-order valence-corrected chi connectivity index (χ2v) is 5.02. The highest BCUT2D eigenvalue weighted by atomic mass is 35.5. The summed E-state index contributed by atoms with van der Waals surface area (Å²) in [6.45, 7) is 2.09. The number of rotatable bonds is 5. The molecule has 0 aliphatic rings. The molecule has 2 aromatic carbocycles. The third kappa shape index (κ3) is 4.07. The Kier molecular flexibility index (Phi) is 5.34. The highest BCUT2D eigenvalue weighted by Gasteiger charge is 2.10. The predicted octanol–water partition coefficient (Wildman–Crippen LogP) is 4.62. The normalized spacial score (nSPS) is 11.0. The summed E-state index contributed by atoms with van der Waals surface area (Å²) in [4.78, 5) is 12.0. The Labute approximate surface area is 136 Å². The maximum absolute atomic E-state index is 13.1. The molecule has 0 aliphatic carbocycles. The molecular weight excluding hydrogens is 326 g/mol. The van der Waals surface area contributed by atoms with Gasteiger partial charge in [-0.3, -0.25) is 4.79 Å². The van der Waals surface area contributed by atoms with Gasteiger partial charge in [0, 0.05) is 5.56 Å². The van der Waals surface area contributed by atoms with Crippen molar-refractivity contribution in [2.75, 3.05) is 6.61 Å². The number of ketones is 1. The molecule has 3 nitrogen and oxygen atoms in total. The van der Waals surface area contributed by atoms with Crippen LogP contribution in [0.25, 0.3) is 6.08 Å². The van der Waals surface area contributed by atoms with Crippen LogP contribution in [0.4, 0.5) is 8.78 Å². The van der Waals surface area contributed by atoms with E-state index in [1.807, 2.05) is 0 Å². The van der Waals surface area contributed by atoms with E-state index in [9.17, 15) is 18.7 Å². The lowest BCUT2D eigenvalue weighted by molar-refractivity contribution is 0.104. The first kappa shape index (κ1) is 17.0. The lowest BCUT2D eigenvalue weighted by atomic mass is 10.1. The van der Waals surface area contributed by atoms with Crippen LogP contribution in [-0.4, -0.2) is 17.5 Å². The Morgan fingerprint density at radius 3 is 2.65 bits per heavy atom. The predicted molar refractivity (Wildman–Crippen MR) is 84.0 cm³/mol. The lowest BCUT2D eigenvalue weighted by Gasteiger charge is -2.08. The lowest BCUT2D eigenvalue weighted by Crippen LogP contribution is -1.97. The van der Waals surface area contributed by atoms with E-state index in [2.05, 4.69) is 0 Å². The number of aromatic hydroxyl groups is 1. The maximum Gasteiger partial charge on any atom is 0.185 e. The standard InChI is InChI=1S/C17H13ClF2O3/c1-2-23-16-8-10(7-12(18)17(16)22)3-6-15(21)11-4-5-13(19)14(20)9-11/h3-9,22H,2H2,1H3/b6-3+. The highest BCUT2D eigenvalue weighted by Crippen LogP contribution is 2.35. The SMILES string of the molecule is CCOc1cc(/C=C/C(=O)c2ccc(F)c(F)c2)cc(Cl)c1O. The second kappa shape index (κ2) is 7.24. The molecule has 0 radical (unpaired) electrons. The number of hydrogen-bond acceptors (Lipinski definition) is 3. The van der Waals surface area contributed by atoms with Gasteiger partial charge in [-0.25, -0.2) is 8.78 Å². The van der Waals surface area contributed by atoms with Gasteiger partial charge in [0.2, 0.25) is 0 Å². The number of ether oxygens (including phenoxy) is 1. The molecule has 0 aliphatic heterocycles. The quantitative estimate of drug-likeness (QED) is 0.639. The van der Waals surface area contributed by atoms with E-state index in [4.69, 9.17) is 16.3 Å². The molecule has 0 saturated heterocycles. The molecule has 0 saturated carbocycles. The Morgan fingerprint density at radius 2 is 2.00 bits per heavy atom. The van der Waals surface area contributed by atoms with Crippen LogP contribution in [0.15, 0.2) is 36.4 Å². The molecule has 120 valence electrons. The summed E-state index contributed by atoms with van der Waals surface area (Å²) in [6.07, 6.45) is 2.64. The van der Waals surface area contributed by atoms with E-state index in [-0.39, 0.29) is 22.1 Å². The monoisotopic (exact) mass is 338 g/mol. The van der Waals surface area contributed by atoms with E-state index in [0.717, 1.165) is 12.1 Å². The van der Waals surface area contributed by atoms with Gasteiger partial charge in [-0.15, -0.1) is 0 Å². The number of benzene rings is 2. The van der Waals surface area contributed by atoms with Crippen molar-refractivity contribution < 1.29 is 23.4 Å². The number of carbonyl (C=O) groups is 1. The molecule has 0 heterocycles. The van der Waals surface area contributed by atoms with Crippen LogP contribution in [0.3, 0.4) is 0 Å². The third-order valence-corrected chi connectivity index (χ3v) is 3.27. The molecule has 23 heavy (non-hydrogen) atoms. The van der Waals surface area contributed by atoms with Crippen molar-refractivity contribution in [2.24, 2.45) is 0 Å². The Hall–Kier alpha value is -2.40. The molecule has 2 aromatic rings. The smallest absolute Gasteiger partial charge is 0.185 e. The molecule has 2 rings (SSSR count). The number of phenolic OH excluding ortho intramolecular Hbond substituents is 1. The third-order valence-electron chi connectivity index (χ3n) is 2.98. The van der Waals surface area contributed by atoms with Crippen molar-refractivity contribution in [3.05, 3.63) is 64.2 Å². The molecule has 0 atom stereocenters. The van der Waals surface area contributed by atoms with Gasteiger partial charge in [-0.2, -0.15) is 0 Å². The molecular formula is C17H13ClF2O3. The van der Waals surface area contributed by atoms with Crippen molar-refractivity contribution >= 4 is 23.5 Å². The van der Waals surface area contributed by atoms with Gasteiger partial charge >= 0.3 is 0 Å². The topological polar surface area (TPSA) is 46.5 Å². The van der Waals surface area contributed by atoms with Gasteiger partial charge in [0.05, 0.1) is 11.6 Å². The molecule has 0 spiro atoms. The van der Waals surface area contributed by atoms with E-state index in [1.165, 1.54) is 30.4 Å². The second-order valence-electron chi connectivity index (χ2n) is 4.61. The number of phenols is 1. The Morgan fingerprint density at radius 1 is 1.26 bits per heavy atom. The van der Waals surface area contributed by atoms with Crippen molar-refractivity contribution in [3.63, 3.8) is 0 Å². The number of hydrogen-bond donors (Lipinski definition) is 1. The minimum atomic E-state index is -1.09. The Balaban J connectivity index is 2.25. The van der Waals surface area contributed by atoms with Crippen molar-refractivity contribution in [1.82, 2.24) is 0 Å². The summed E-state index contributed by atoms with van der Waals surface area (Å²) >= 11 is 5.89. The van der Waals surface area contributed by atoms with Gasteiger partial charge in [-0.1, -0.05) is 17.7 Å². The summed E-state index contributed by atoms with van der Waals surface area (Å²) in [5, 5.41) is 9.82. The van der Waals surface area contributed by atoms with Crippen molar-refractivity contribution in [1.29, 1.82) is 0 Å². The van der Waals surface area contributed by atoms with Crippen LogP contribution < -0.4 is 4.74 Å². The van der Waals surface area contributed by atoms with Crippen LogP contribution in [0.1, 0.15) is 22.8 Å². The molecule has 6 heteroatoms. The number of carbonyl (C=O) groups excluding carboxylic acids is 1. The van der Waals surface area contributed by atoms with Gasteiger partial charge in [0.15, 0.2) is 28.9 Å². The summed E-state index contributed by atoms with van der Waals surface area (Å²) < 4.78 is 31.2. The molecule has 1 N–H and O–H groups in total. The van der Waals surface area contributed by atoms with E-state index < -0.39 is 17.4 Å². The Bertz CT molecular complexity index is 773. The van der Waals surface area contributed by atoms with Crippen LogP contribution in [0.5, 0.6) is 11.5 Å². The van der Waals surface area contributed by atoms with Crippen molar-refractivity contribution in [2.45, 2.75) is 6.92 Å². The largest absolute Gasteiger partial charge is 0.503 e. The van der Waals surface area contributed by atoms with Crippen LogP contribution in [0.2, 0.25) is 5.02 Å². The van der Waals surface area contributed by atoms with Gasteiger partial charge in [-0.05, 0) is 48.9 Å². The molecule has 0 fully saturated rings. The van der Waals surface area contributed by atoms with E-state index in [1.54, 1.807) is 6.92 Å². The summed E-state index contributed by atoms with van der Waals surface area (Å²) in [7, 11) is 0. The van der Waals surface area contributed by atoms with Crippen molar-refractivity contribution in [3.8, 4) is 11.5 Å². The molecule has 0 unspecified atom stereocenters. The minimum Gasteiger partial charge on any atom is -0.503 e. The fourth-order valence-electron chi connectivity index (χ4n) is 1.87. The van der Waals surface area contributed by atoms with Gasteiger partial charge < -0.3 is 9.84 Å². The zero-order valence-corrected chi connectivity index (χ0v) is 12.9. The van der Waals surface area contributed by atoms with Gasteiger partial charge in [0.1, 0.15) is 0 Å². The molecule has 0 bridgehead atoms. The fourth-order valence-corrected chi connectivity index (χ4v) is 2.09. The zero-order valence-electron chi connectivity index (χ0n) is 12.1. The highest BCUT2D eigenvalue weighted by molar-refractivity contribution is 6.32. The van der Waals surface area contributed by atoms with Gasteiger partial charge in [0.25, 0.3) is 0 Å². The van der Waals surface area contributed by atoms with Crippen LogP contribution in [-0.2, 0) is 0 Å². The van der Waals surface area contributed by atoms with Crippen LogP contribution in [0, 0.1) is 11.6 Å². The first-order chi connectivity index (χ1) is 10.9. The van der Waals surface area contributed by atoms with E-state index >= 15 is 0 Å². The first-order valence-corrected chi connectivity index (χ1v) is 7.13. The maximum atomic E-state index is 13.1. The average molecular weight is 339 g/mol. The summed E-state index contributed by atoms with van der Waals surface area (Å²) in [6, 6.07) is 5.88. The first-order valence-electron chi connectivity index (χ1n) is 6.75. The molecule has 0 amide bonds. The summed E-state index contributed by atoms with van der Waals surface area (Å²) in [5.41, 5.74) is 0.544. The van der Waals surface area contributed by atoms with E-state index in [0.29, 0.717) is 12.2 Å². The summed E-state index contributed by atoms with van der Waals surface area (Å²) in [5.74, 6) is -2.59. The minimum absolute atomic E-state index is 0.0232.